The molecular weight excluding hydrogens is 362 g/mol. The number of nitrogens with zero attached hydrogens (tertiary/aromatic N) is 1. The molecule has 27 heavy (non-hydrogen) atoms. The number of amides is 2. The molecule has 0 aromatic heterocycles. The first kappa shape index (κ1) is 23.1. The highest BCUT2D eigenvalue weighted by atomic mass is 19.3. The van der Waals surface area contributed by atoms with Crippen molar-refractivity contribution in [2.24, 2.45) is 0 Å². The molecule has 1 rings (SSSR count). The topological polar surface area (TPSA) is 84.9 Å². The minimum atomic E-state index is -2.95. The van der Waals surface area contributed by atoms with Crippen molar-refractivity contribution in [2.75, 3.05) is 13.1 Å². The van der Waals surface area contributed by atoms with Crippen molar-refractivity contribution in [3.8, 4) is 0 Å². The third-order valence-corrected chi connectivity index (χ3v) is 3.51. The molecule has 9 heteroatoms. The maximum atomic E-state index is 13.6. The monoisotopic (exact) mass is 392 g/mol. The average Bonchev–Trinajstić information content (AvgIpc) is 2.41. The molecular formula is C18H30F2N2O5. The third kappa shape index (κ3) is 9.01. The van der Waals surface area contributed by atoms with Crippen molar-refractivity contribution in [3.05, 3.63) is 0 Å². The summed E-state index contributed by atoms with van der Waals surface area (Å²) in [5.41, 5.74) is -1.65. The van der Waals surface area contributed by atoms with Gasteiger partial charge >= 0.3 is 12.1 Å². The fourth-order valence-electron chi connectivity index (χ4n) is 2.50. The smallest absolute Gasteiger partial charge is 0.408 e. The highest BCUT2D eigenvalue weighted by Crippen LogP contribution is 2.27. The summed E-state index contributed by atoms with van der Waals surface area (Å²) in [6.45, 7) is 9.36. The molecule has 7 nitrogen and oxygen atoms in total. The maximum Gasteiger partial charge on any atom is 0.408 e. The van der Waals surface area contributed by atoms with Crippen molar-refractivity contribution in [1.29, 1.82) is 0 Å². The van der Waals surface area contributed by atoms with Crippen LogP contribution in [0.15, 0.2) is 0 Å². The van der Waals surface area contributed by atoms with Gasteiger partial charge in [0.05, 0.1) is 13.0 Å². The highest BCUT2D eigenvalue weighted by molar-refractivity contribution is 5.88. The molecule has 0 bridgehead atoms. The van der Waals surface area contributed by atoms with Crippen molar-refractivity contribution < 1.29 is 32.6 Å². The van der Waals surface area contributed by atoms with Crippen LogP contribution in [0.5, 0.6) is 0 Å². The predicted molar refractivity (Wildman–Crippen MR) is 94.4 cm³/mol. The number of esters is 1. The summed E-state index contributed by atoms with van der Waals surface area (Å²) in [6.07, 6.45) is -1.47. The van der Waals surface area contributed by atoms with Crippen LogP contribution >= 0.6 is 0 Å². The Labute approximate surface area is 158 Å². The molecule has 0 radical (unpaired) electrons. The standard InChI is InChI=1S/C18H30F2N2O5/c1-16(2,3)26-14(24)12(21-15(25)27-17(4,5)6)10-13(23)22-9-7-8-18(19,20)11-22/h12H,7-11H2,1-6H3,(H,21,25)/t12-/m0/s1. The number of halogens is 2. The van der Waals surface area contributed by atoms with E-state index in [-0.39, 0.29) is 19.4 Å². The second-order valence-electron chi connectivity index (χ2n) is 8.71. The highest BCUT2D eigenvalue weighted by Gasteiger charge is 2.39. The molecule has 1 saturated heterocycles. The van der Waals surface area contributed by atoms with Gasteiger partial charge in [0.2, 0.25) is 5.91 Å². The van der Waals surface area contributed by atoms with E-state index in [2.05, 4.69) is 5.32 Å². The zero-order chi connectivity index (χ0) is 21.0. The summed E-state index contributed by atoms with van der Waals surface area (Å²) in [7, 11) is 0. The van der Waals surface area contributed by atoms with Gasteiger partial charge in [0.1, 0.15) is 17.2 Å². The fraction of sp³-hybridized carbons (Fsp3) is 0.833. The first-order valence-corrected chi connectivity index (χ1v) is 8.96. The summed E-state index contributed by atoms with van der Waals surface area (Å²) >= 11 is 0. The lowest BCUT2D eigenvalue weighted by Crippen LogP contribution is -2.51. The van der Waals surface area contributed by atoms with Crippen LogP contribution in [0, 0.1) is 0 Å². The molecule has 1 N–H and O–H groups in total. The van der Waals surface area contributed by atoms with Gasteiger partial charge in [0, 0.05) is 13.0 Å². The van der Waals surface area contributed by atoms with Crippen LogP contribution < -0.4 is 5.32 Å². The summed E-state index contributed by atoms with van der Waals surface area (Å²) in [5.74, 6) is -4.43. The average molecular weight is 392 g/mol. The lowest BCUT2D eigenvalue weighted by atomic mass is 10.1. The molecule has 1 heterocycles. The Hall–Kier alpha value is -1.93. The molecule has 0 unspecified atom stereocenters. The normalized spacial score (nSPS) is 18.4. The number of carbonyl (C=O) groups excluding carboxylic acids is 3. The second kappa shape index (κ2) is 8.39. The number of alkyl carbamates (subject to hydrolysis) is 1. The Morgan fingerprint density at radius 3 is 2.11 bits per heavy atom. The summed E-state index contributed by atoms with van der Waals surface area (Å²) < 4.78 is 37.4. The number of piperidine rings is 1. The first-order valence-electron chi connectivity index (χ1n) is 8.96. The minimum absolute atomic E-state index is 0.176. The zero-order valence-corrected chi connectivity index (χ0v) is 16.9. The largest absolute Gasteiger partial charge is 0.458 e. The van der Waals surface area contributed by atoms with E-state index in [0.717, 1.165) is 4.90 Å². The van der Waals surface area contributed by atoms with E-state index in [9.17, 15) is 23.2 Å². The van der Waals surface area contributed by atoms with E-state index in [1.165, 1.54) is 0 Å². The maximum absolute atomic E-state index is 13.6. The number of rotatable bonds is 4. The predicted octanol–water partition coefficient (Wildman–Crippen LogP) is 2.87. The fourth-order valence-corrected chi connectivity index (χ4v) is 2.50. The quantitative estimate of drug-likeness (QED) is 0.744. The Morgan fingerprint density at radius 1 is 1.07 bits per heavy atom. The van der Waals surface area contributed by atoms with E-state index >= 15 is 0 Å². The minimum Gasteiger partial charge on any atom is -0.458 e. The lowest BCUT2D eigenvalue weighted by molar-refractivity contribution is -0.160. The molecule has 2 amide bonds. The first-order chi connectivity index (χ1) is 12.1. The molecule has 1 fully saturated rings. The molecule has 0 spiro atoms. The molecule has 0 aliphatic carbocycles. The van der Waals surface area contributed by atoms with Crippen LogP contribution in [0.2, 0.25) is 0 Å². The van der Waals surface area contributed by atoms with Gasteiger partial charge in [-0.3, -0.25) is 4.79 Å². The zero-order valence-electron chi connectivity index (χ0n) is 16.9. The Bertz CT molecular complexity index is 567. The summed E-state index contributed by atoms with van der Waals surface area (Å²) in [6, 6.07) is -1.33. The van der Waals surface area contributed by atoms with Crippen LogP contribution in [0.25, 0.3) is 0 Å². The molecule has 156 valence electrons. The van der Waals surface area contributed by atoms with Crippen LogP contribution in [-0.4, -0.2) is 59.1 Å². The van der Waals surface area contributed by atoms with Gasteiger partial charge in [-0.05, 0) is 48.0 Å². The number of likely N-dealkylation sites (tertiary alicyclic amines) is 1. The van der Waals surface area contributed by atoms with Gasteiger partial charge in [-0.2, -0.15) is 0 Å². The van der Waals surface area contributed by atoms with E-state index in [1.807, 2.05) is 0 Å². The van der Waals surface area contributed by atoms with Crippen LogP contribution in [-0.2, 0) is 19.1 Å². The van der Waals surface area contributed by atoms with Gasteiger partial charge in [0.15, 0.2) is 0 Å². The Kier molecular flexibility index (Phi) is 7.18. The van der Waals surface area contributed by atoms with Gasteiger partial charge in [-0.25, -0.2) is 18.4 Å². The van der Waals surface area contributed by atoms with Crippen molar-refractivity contribution >= 4 is 18.0 Å². The Balaban J connectivity index is 2.85. The van der Waals surface area contributed by atoms with Crippen LogP contribution in [0.4, 0.5) is 13.6 Å². The number of hydrogen-bond acceptors (Lipinski definition) is 5. The van der Waals surface area contributed by atoms with Gasteiger partial charge < -0.3 is 19.7 Å². The summed E-state index contributed by atoms with van der Waals surface area (Å²) in [4.78, 5) is 37.8. The number of ether oxygens (including phenoxy) is 2. The van der Waals surface area contributed by atoms with E-state index in [0.29, 0.717) is 0 Å². The van der Waals surface area contributed by atoms with Gasteiger partial charge in [0.25, 0.3) is 5.92 Å². The number of hydrogen-bond donors (Lipinski definition) is 1. The number of carbonyl (C=O) groups is 3. The lowest BCUT2D eigenvalue weighted by Gasteiger charge is -2.33. The molecule has 1 aliphatic heterocycles. The third-order valence-electron chi connectivity index (χ3n) is 3.51. The van der Waals surface area contributed by atoms with Gasteiger partial charge in [-0.15, -0.1) is 0 Å². The molecule has 1 atom stereocenters. The summed E-state index contributed by atoms with van der Waals surface area (Å²) in [5, 5.41) is 2.32. The van der Waals surface area contributed by atoms with Crippen molar-refractivity contribution in [1.82, 2.24) is 10.2 Å². The van der Waals surface area contributed by atoms with Gasteiger partial charge in [-0.1, -0.05) is 0 Å². The SMILES string of the molecule is CC(C)(C)OC(=O)N[C@@H](CC(=O)N1CCCC(F)(F)C1)C(=O)OC(C)(C)C. The number of nitrogens with one attached hydrogen (secondary N) is 1. The second-order valence-corrected chi connectivity index (χ2v) is 8.71. The Morgan fingerprint density at radius 2 is 1.63 bits per heavy atom. The molecule has 0 saturated carbocycles. The van der Waals surface area contributed by atoms with E-state index in [1.54, 1.807) is 41.5 Å². The van der Waals surface area contributed by atoms with E-state index in [4.69, 9.17) is 9.47 Å². The van der Waals surface area contributed by atoms with E-state index < -0.39 is 54.1 Å². The number of alkyl halides is 2. The molecule has 1 aliphatic rings. The van der Waals surface area contributed by atoms with Crippen molar-refractivity contribution in [2.45, 2.75) is 84.0 Å². The van der Waals surface area contributed by atoms with Crippen LogP contribution in [0.1, 0.15) is 60.8 Å². The molecule has 0 aromatic carbocycles. The molecule has 0 aromatic rings. The van der Waals surface area contributed by atoms with Crippen LogP contribution in [0.3, 0.4) is 0 Å². The van der Waals surface area contributed by atoms with Crippen molar-refractivity contribution in [3.63, 3.8) is 0 Å².